The third-order valence-electron chi connectivity index (χ3n) is 6.95. The molecule has 2 aromatic heterocycles. The predicted octanol–water partition coefficient (Wildman–Crippen LogP) is 3.56. The van der Waals surface area contributed by atoms with Crippen LogP contribution in [-0.2, 0) is 11.3 Å². The molecule has 5 rings (SSSR count). The Hall–Kier alpha value is -2.98. The van der Waals surface area contributed by atoms with Gasteiger partial charge in [0, 0.05) is 30.3 Å². The fraction of sp³-hybridized carbons (Fsp3) is 0.478. The van der Waals surface area contributed by atoms with Gasteiger partial charge in [0.15, 0.2) is 5.65 Å². The van der Waals surface area contributed by atoms with Gasteiger partial charge in [-0.05, 0) is 39.7 Å². The molecule has 2 aliphatic rings. The number of ether oxygens (including phenoxy) is 1. The molecular formula is C23H26ClFN6O3. The normalized spacial score (nSPS) is 23.6. The number of anilines is 1. The summed E-state index contributed by atoms with van der Waals surface area (Å²) in [6.45, 7) is 6.54. The van der Waals surface area contributed by atoms with Gasteiger partial charge in [0.25, 0.3) is 0 Å². The fourth-order valence-corrected chi connectivity index (χ4v) is 5.28. The Morgan fingerprint density at radius 2 is 2.12 bits per heavy atom. The van der Waals surface area contributed by atoms with E-state index in [1.165, 1.54) is 6.33 Å². The van der Waals surface area contributed by atoms with Gasteiger partial charge in [-0.1, -0.05) is 11.6 Å². The van der Waals surface area contributed by atoms with E-state index in [2.05, 4.69) is 20.0 Å². The Kier molecular flexibility index (Phi) is 5.60. The molecule has 1 aliphatic heterocycles. The molecule has 2 atom stereocenters. The first-order chi connectivity index (χ1) is 16.2. The smallest absolute Gasteiger partial charge is 0.306 e. The maximum Gasteiger partial charge on any atom is 0.306 e. The van der Waals surface area contributed by atoms with Crippen molar-refractivity contribution < 1.29 is 19.0 Å². The van der Waals surface area contributed by atoms with Crippen LogP contribution >= 0.6 is 11.6 Å². The summed E-state index contributed by atoms with van der Waals surface area (Å²) >= 11 is 6.36. The van der Waals surface area contributed by atoms with Crippen LogP contribution in [0.25, 0.3) is 11.0 Å². The fourth-order valence-electron chi connectivity index (χ4n) is 5.05. The van der Waals surface area contributed by atoms with E-state index >= 15 is 4.39 Å². The highest BCUT2D eigenvalue weighted by molar-refractivity contribution is 6.31. The van der Waals surface area contributed by atoms with Gasteiger partial charge < -0.3 is 15.6 Å². The number of aryl methyl sites for hydroxylation is 1. The van der Waals surface area contributed by atoms with Gasteiger partial charge in [-0.25, -0.2) is 19.0 Å². The molecule has 0 radical (unpaired) electrons. The number of rotatable bonds is 4. The van der Waals surface area contributed by atoms with Crippen LogP contribution < -0.4 is 10.5 Å². The highest BCUT2D eigenvalue weighted by atomic mass is 35.5. The summed E-state index contributed by atoms with van der Waals surface area (Å²) < 4.78 is 23.3. The summed E-state index contributed by atoms with van der Waals surface area (Å²) in [7, 11) is 0. The number of aliphatic carboxylic acids is 1. The molecule has 1 fully saturated rings. The van der Waals surface area contributed by atoms with Crippen LogP contribution in [0.2, 0.25) is 5.02 Å². The first-order valence-electron chi connectivity index (χ1n) is 11.2. The summed E-state index contributed by atoms with van der Waals surface area (Å²) in [5.74, 6) is -0.866. The molecule has 0 amide bonds. The molecule has 2 unspecified atom stereocenters. The first kappa shape index (κ1) is 22.8. The largest absolute Gasteiger partial charge is 0.489 e. The molecule has 1 saturated carbocycles. The lowest BCUT2D eigenvalue weighted by Crippen LogP contribution is -2.48. The van der Waals surface area contributed by atoms with Crippen LogP contribution in [0.5, 0.6) is 5.75 Å². The minimum absolute atomic E-state index is 0.00181. The van der Waals surface area contributed by atoms with Crippen LogP contribution in [0.1, 0.15) is 49.6 Å². The van der Waals surface area contributed by atoms with Crippen molar-refractivity contribution in [1.29, 1.82) is 0 Å². The second-order valence-electron chi connectivity index (χ2n) is 9.25. The zero-order valence-corrected chi connectivity index (χ0v) is 19.9. The van der Waals surface area contributed by atoms with Crippen LogP contribution in [-0.4, -0.2) is 54.4 Å². The van der Waals surface area contributed by atoms with Gasteiger partial charge in [-0.3, -0.25) is 9.69 Å². The second kappa shape index (κ2) is 8.35. The SMILES string of the molecule is Cc1nn(C(C)c2cc(Cl)c(F)c3c2OC(C)CN(C2CC(C(=O)O)C2)C3)c2ncnc(N)c12. The van der Waals surface area contributed by atoms with Gasteiger partial charge in [0.2, 0.25) is 0 Å². The number of fused-ring (bicyclic) bond motifs is 2. The molecule has 3 heterocycles. The number of benzene rings is 1. The van der Waals surface area contributed by atoms with Crippen molar-refractivity contribution in [3.05, 3.63) is 40.1 Å². The molecule has 3 aromatic rings. The third kappa shape index (κ3) is 3.65. The van der Waals surface area contributed by atoms with E-state index in [-0.39, 0.29) is 35.7 Å². The van der Waals surface area contributed by atoms with E-state index in [0.29, 0.717) is 58.8 Å². The number of nitrogen functional groups attached to an aromatic ring is 1. The number of carboxylic acids is 1. The Bertz CT molecular complexity index is 1290. The van der Waals surface area contributed by atoms with Crippen molar-refractivity contribution in [1.82, 2.24) is 24.6 Å². The van der Waals surface area contributed by atoms with E-state index in [4.69, 9.17) is 22.1 Å². The average molecular weight is 489 g/mol. The molecule has 0 bridgehead atoms. The van der Waals surface area contributed by atoms with Crippen molar-refractivity contribution in [2.24, 2.45) is 5.92 Å². The topological polar surface area (TPSA) is 119 Å². The average Bonchev–Trinajstić information content (AvgIpc) is 2.98. The molecule has 1 aromatic carbocycles. The zero-order valence-electron chi connectivity index (χ0n) is 19.1. The summed E-state index contributed by atoms with van der Waals surface area (Å²) in [6, 6.07) is 1.27. The standard InChI is InChI=1S/C23H26ClFN6O3/c1-10-7-30(14-4-13(5-14)23(32)33)8-16-19(25)17(24)6-15(20(16)34-10)12(3)31-22-18(11(2)29-31)21(26)27-9-28-22/h6,9-10,12-14H,4-5,7-8H2,1-3H3,(H,32,33)(H2,26,27,28). The quantitative estimate of drug-likeness (QED) is 0.572. The summed E-state index contributed by atoms with van der Waals surface area (Å²) in [5, 5.41) is 14.6. The maximum absolute atomic E-state index is 15.3. The molecule has 1 aliphatic carbocycles. The molecular weight excluding hydrogens is 463 g/mol. The molecule has 0 spiro atoms. The number of carbonyl (C=O) groups is 1. The van der Waals surface area contributed by atoms with E-state index in [0.717, 1.165) is 0 Å². The molecule has 11 heteroatoms. The lowest BCUT2D eigenvalue weighted by Gasteiger charge is -2.41. The molecule has 180 valence electrons. The minimum Gasteiger partial charge on any atom is -0.489 e. The molecule has 34 heavy (non-hydrogen) atoms. The van der Waals surface area contributed by atoms with Gasteiger partial charge >= 0.3 is 5.97 Å². The summed E-state index contributed by atoms with van der Waals surface area (Å²) in [5.41, 5.74) is 8.38. The highest BCUT2D eigenvalue weighted by Crippen LogP contribution is 2.42. The number of nitrogens with two attached hydrogens (primary N) is 1. The highest BCUT2D eigenvalue weighted by Gasteiger charge is 2.40. The summed E-state index contributed by atoms with van der Waals surface area (Å²) in [4.78, 5) is 21.8. The van der Waals surface area contributed by atoms with Crippen LogP contribution in [0, 0.1) is 18.7 Å². The van der Waals surface area contributed by atoms with Crippen molar-refractivity contribution in [2.75, 3.05) is 12.3 Å². The lowest BCUT2D eigenvalue weighted by molar-refractivity contribution is -0.147. The summed E-state index contributed by atoms with van der Waals surface area (Å²) in [6.07, 6.45) is 2.25. The minimum atomic E-state index is -0.785. The van der Waals surface area contributed by atoms with Crippen LogP contribution in [0.15, 0.2) is 12.4 Å². The van der Waals surface area contributed by atoms with Gasteiger partial charge in [-0.15, -0.1) is 0 Å². The number of hydrogen-bond acceptors (Lipinski definition) is 7. The van der Waals surface area contributed by atoms with Gasteiger partial charge in [0.05, 0.1) is 28.1 Å². The van der Waals surface area contributed by atoms with E-state index in [1.54, 1.807) is 10.7 Å². The number of carboxylic acid groups (broad SMARTS) is 1. The Morgan fingerprint density at radius 1 is 1.38 bits per heavy atom. The zero-order chi connectivity index (χ0) is 24.3. The number of hydrogen-bond donors (Lipinski definition) is 2. The Balaban J connectivity index is 1.56. The van der Waals surface area contributed by atoms with Crippen molar-refractivity contribution in [3.8, 4) is 5.75 Å². The van der Waals surface area contributed by atoms with E-state index in [1.807, 2.05) is 20.8 Å². The Labute approximate surface area is 200 Å². The molecule has 3 N–H and O–H groups in total. The molecule has 0 saturated heterocycles. The number of aromatic nitrogens is 4. The monoisotopic (exact) mass is 488 g/mol. The lowest BCUT2D eigenvalue weighted by atomic mass is 9.79. The van der Waals surface area contributed by atoms with Gasteiger partial charge in [-0.2, -0.15) is 5.10 Å². The van der Waals surface area contributed by atoms with E-state index in [9.17, 15) is 9.90 Å². The maximum atomic E-state index is 15.3. The first-order valence-corrected chi connectivity index (χ1v) is 11.6. The van der Waals surface area contributed by atoms with Gasteiger partial charge in [0.1, 0.15) is 29.8 Å². The third-order valence-corrected chi connectivity index (χ3v) is 7.23. The number of halogens is 2. The van der Waals surface area contributed by atoms with Crippen molar-refractivity contribution in [2.45, 2.75) is 58.3 Å². The predicted molar refractivity (Wildman–Crippen MR) is 124 cm³/mol. The number of nitrogens with zero attached hydrogens (tertiary/aromatic N) is 5. The van der Waals surface area contributed by atoms with Crippen LogP contribution in [0.3, 0.4) is 0 Å². The second-order valence-corrected chi connectivity index (χ2v) is 9.66. The Morgan fingerprint density at radius 3 is 2.82 bits per heavy atom. The van der Waals surface area contributed by atoms with Crippen LogP contribution in [0.4, 0.5) is 10.2 Å². The molecule has 9 nitrogen and oxygen atoms in total. The van der Waals surface area contributed by atoms with Crippen molar-refractivity contribution >= 4 is 34.4 Å². The van der Waals surface area contributed by atoms with Crippen molar-refractivity contribution in [3.63, 3.8) is 0 Å². The van der Waals surface area contributed by atoms with E-state index < -0.39 is 11.8 Å².